The summed E-state index contributed by atoms with van der Waals surface area (Å²) in [5.41, 5.74) is 6.94. The molecule has 0 aliphatic carbocycles. The first-order valence-corrected chi connectivity index (χ1v) is 4.51. The number of nitrogens with two attached hydrogens (primary N) is 1. The van der Waals surface area contributed by atoms with Gasteiger partial charge in [-0.2, -0.15) is 0 Å². The Labute approximate surface area is 79.4 Å². The van der Waals surface area contributed by atoms with Crippen LogP contribution in [0.5, 0.6) is 0 Å². The first kappa shape index (κ1) is 10.2. The van der Waals surface area contributed by atoms with Crippen LogP contribution >= 0.6 is 0 Å². The van der Waals surface area contributed by atoms with Crippen LogP contribution in [0.3, 0.4) is 0 Å². The van der Waals surface area contributed by atoms with E-state index >= 15 is 0 Å². The smallest absolute Gasteiger partial charge is 0.0633 e. The fourth-order valence-corrected chi connectivity index (χ4v) is 1.08. The third kappa shape index (κ3) is 3.53. The molecule has 0 bridgehead atoms. The Morgan fingerprint density at radius 1 is 1.46 bits per heavy atom. The van der Waals surface area contributed by atoms with Crippen LogP contribution < -0.4 is 11.1 Å². The highest BCUT2D eigenvalue weighted by Gasteiger charge is 2.14. The first-order valence-electron chi connectivity index (χ1n) is 4.51. The standard InChI is InChI=1S/C10H17N3/c1-10(11,12-2)6-3-9-4-7-13-8-5-9/h4-5,7-8,12H,3,6,11H2,1-2H3. The minimum atomic E-state index is -0.275. The quantitative estimate of drug-likeness (QED) is 0.675. The van der Waals surface area contributed by atoms with E-state index in [9.17, 15) is 0 Å². The van der Waals surface area contributed by atoms with Crippen molar-refractivity contribution in [2.75, 3.05) is 7.05 Å². The summed E-state index contributed by atoms with van der Waals surface area (Å²) in [5, 5.41) is 3.07. The first-order chi connectivity index (χ1) is 6.14. The van der Waals surface area contributed by atoms with E-state index in [0.717, 1.165) is 12.8 Å². The van der Waals surface area contributed by atoms with Crippen molar-refractivity contribution in [2.24, 2.45) is 5.73 Å². The highest BCUT2D eigenvalue weighted by molar-refractivity contribution is 5.10. The molecule has 0 fully saturated rings. The molecule has 0 saturated carbocycles. The summed E-state index contributed by atoms with van der Waals surface area (Å²) in [6.07, 6.45) is 5.52. The molecule has 1 aromatic heterocycles. The molecule has 0 saturated heterocycles. The van der Waals surface area contributed by atoms with Crippen LogP contribution in [0.2, 0.25) is 0 Å². The number of aryl methyl sites for hydroxylation is 1. The fourth-order valence-electron chi connectivity index (χ4n) is 1.08. The van der Waals surface area contributed by atoms with Gasteiger partial charge in [0, 0.05) is 12.4 Å². The topological polar surface area (TPSA) is 50.9 Å². The molecule has 0 aromatic carbocycles. The molecule has 13 heavy (non-hydrogen) atoms. The summed E-state index contributed by atoms with van der Waals surface area (Å²) in [7, 11) is 1.88. The van der Waals surface area contributed by atoms with Gasteiger partial charge in [0.2, 0.25) is 0 Å². The number of nitrogens with zero attached hydrogens (tertiary/aromatic N) is 1. The lowest BCUT2D eigenvalue weighted by molar-refractivity contribution is 0.371. The summed E-state index contributed by atoms with van der Waals surface area (Å²) in [4.78, 5) is 3.96. The van der Waals surface area contributed by atoms with Gasteiger partial charge in [-0.25, -0.2) is 0 Å². The number of hydrogen-bond acceptors (Lipinski definition) is 3. The summed E-state index contributed by atoms with van der Waals surface area (Å²) >= 11 is 0. The number of hydrogen-bond donors (Lipinski definition) is 2. The molecule has 0 aliphatic rings. The Hall–Kier alpha value is -0.930. The van der Waals surface area contributed by atoms with Crippen LogP contribution in [0.4, 0.5) is 0 Å². The molecule has 1 rings (SSSR count). The third-order valence-electron chi connectivity index (χ3n) is 2.25. The van der Waals surface area contributed by atoms with E-state index in [-0.39, 0.29) is 5.66 Å². The highest BCUT2D eigenvalue weighted by Crippen LogP contribution is 2.07. The molecule has 1 unspecified atom stereocenters. The van der Waals surface area contributed by atoms with Crippen molar-refractivity contribution in [3.05, 3.63) is 30.1 Å². The average molecular weight is 179 g/mol. The van der Waals surface area contributed by atoms with Crippen molar-refractivity contribution >= 4 is 0 Å². The third-order valence-corrected chi connectivity index (χ3v) is 2.25. The van der Waals surface area contributed by atoms with E-state index in [1.807, 2.05) is 38.5 Å². The maximum Gasteiger partial charge on any atom is 0.0633 e. The Bertz CT molecular complexity index is 244. The highest BCUT2D eigenvalue weighted by atomic mass is 15.1. The molecule has 1 heterocycles. The lowest BCUT2D eigenvalue weighted by Gasteiger charge is -2.23. The summed E-state index contributed by atoms with van der Waals surface area (Å²) < 4.78 is 0. The predicted molar refractivity (Wildman–Crippen MR) is 54.2 cm³/mol. The molecular weight excluding hydrogens is 162 g/mol. The number of pyridine rings is 1. The average Bonchev–Trinajstić information content (AvgIpc) is 2.17. The Balaban J connectivity index is 2.44. The molecule has 0 spiro atoms. The number of rotatable bonds is 4. The van der Waals surface area contributed by atoms with E-state index in [2.05, 4.69) is 10.3 Å². The largest absolute Gasteiger partial charge is 0.314 e. The second-order valence-corrected chi connectivity index (χ2v) is 3.52. The molecule has 1 atom stereocenters. The van der Waals surface area contributed by atoms with Crippen molar-refractivity contribution in [2.45, 2.75) is 25.4 Å². The Morgan fingerprint density at radius 3 is 2.62 bits per heavy atom. The SMILES string of the molecule is CNC(C)(N)CCc1ccncc1. The van der Waals surface area contributed by atoms with Gasteiger partial charge in [0.25, 0.3) is 0 Å². The van der Waals surface area contributed by atoms with Gasteiger partial charge in [0.05, 0.1) is 5.66 Å². The van der Waals surface area contributed by atoms with Crippen LogP contribution in [0.15, 0.2) is 24.5 Å². The van der Waals surface area contributed by atoms with Crippen molar-refractivity contribution in [3.63, 3.8) is 0 Å². The van der Waals surface area contributed by atoms with E-state index in [1.165, 1.54) is 5.56 Å². The van der Waals surface area contributed by atoms with Gasteiger partial charge in [0.15, 0.2) is 0 Å². The van der Waals surface area contributed by atoms with Crippen molar-refractivity contribution in [1.82, 2.24) is 10.3 Å². The van der Waals surface area contributed by atoms with Gasteiger partial charge in [-0.05, 0) is 44.5 Å². The number of aromatic nitrogens is 1. The zero-order valence-corrected chi connectivity index (χ0v) is 8.25. The molecule has 1 aromatic rings. The molecule has 72 valence electrons. The van der Waals surface area contributed by atoms with Crippen LogP contribution in [0.1, 0.15) is 18.9 Å². The van der Waals surface area contributed by atoms with Gasteiger partial charge in [-0.3, -0.25) is 4.98 Å². The summed E-state index contributed by atoms with van der Waals surface area (Å²) in [6.45, 7) is 1.99. The predicted octanol–water partition coefficient (Wildman–Crippen LogP) is 0.908. The van der Waals surface area contributed by atoms with Gasteiger partial charge in [-0.15, -0.1) is 0 Å². The second kappa shape index (κ2) is 4.35. The van der Waals surface area contributed by atoms with E-state index in [0.29, 0.717) is 0 Å². The molecular formula is C10H17N3. The van der Waals surface area contributed by atoms with Gasteiger partial charge in [0.1, 0.15) is 0 Å². The van der Waals surface area contributed by atoms with E-state index in [1.54, 1.807) is 0 Å². The van der Waals surface area contributed by atoms with Crippen molar-refractivity contribution in [1.29, 1.82) is 0 Å². The lowest BCUT2D eigenvalue weighted by atomic mass is 10.0. The second-order valence-electron chi connectivity index (χ2n) is 3.52. The van der Waals surface area contributed by atoms with Gasteiger partial charge >= 0.3 is 0 Å². The molecule has 3 heteroatoms. The monoisotopic (exact) mass is 179 g/mol. The van der Waals surface area contributed by atoms with Crippen LogP contribution in [0, 0.1) is 0 Å². The minimum absolute atomic E-state index is 0.275. The van der Waals surface area contributed by atoms with E-state index in [4.69, 9.17) is 5.73 Å². The molecule has 3 N–H and O–H groups in total. The molecule has 3 nitrogen and oxygen atoms in total. The number of nitrogens with one attached hydrogen (secondary N) is 1. The van der Waals surface area contributed by atoms with Gasteiger partial charge < -0.3 is 11.1 Å². The van der Waals surface area contributed by atoms with Crippen LogP contribution in [-0.4, -0.2) is 17.7 Å². The zero-order chi connectivity index (χ0) is 9.73. The van der Waals surface area contributed by atoms with Gasteiger partial charge in [-0.1, -0.05) is 0 Å². The fraction of sp³-hybridized carbons (Fsp3) is 0.500. The lowest BCUT2D eigenvalue weighted by Crippen LogP contribution is -2.48. The Morgan fingerprint density at radius 2 is 2.08 bits per heavy atom. The van der Waals surface area contributed by atoms with Crippen molar-refractivity contribution < 1.29 is 0 Å². The molecule has 0 radical (unpaired) electrons. The maximum absolute atomic E-state index is 5.94. The zero-order valence-electron chi connectivity index (χ0n) is 8.25. The van der Waals surface area contributed by atoms with Crippen molar-refractivity contribution in [3.8, 4) is 0 Å². The normalized spacial score (nSPS) is 15.3. The minimum Gasteiger partial charge on any atom is -0.314 e. The Kier molecular flexibility index (Phi) is 3.39. The van der Waals surface area contributed by atoms with Crippen LogP contribution in [-0.2, 0) is 6.42 Å². The molecule has 0 aliphatic heterocycles. The summed E-state index contributed by atoms with van der Waals surface area (Å²) in [6, 6.07) is 4.04. The van der Waals surface area contributed by atoms with Crippen LogP contribution in [0.25, 0.3) is 0 Å². The maximum atomic E-state index is 5.94. The molecule has 0 amide bonds. The van der Waals surface area contributed by atoms with E-state index < -0.39 is 0 Å². The summed E-state index contributed by atoms with van der Waals surface area (Å²) in [5.74, 6) is 0.